The smallest absolute Gasteiger partial charge is 0.332 e. The number of carboxylic acid groups (broad SMARTS) is 1. The zero-order valence-corrected chi connectivity index (χ0v) is 12.1. The summed E-state index contributed by atoms with van der Waals surface area (Å²) >= 11 is 0. The van der Waals surface area contributed by atoms with Gasteiger partial charge in [-0.2, -0.15) is 0 Å². The van der Waals surface area contributed by atoms with Crippen LogP contribution < -0.4 is 5.32 Å². The first-order chi connectivity index (χ1) is 9.97. The summed E-state index contributed by atoms with van der Waals surface area (Å²) in [6, 6.07) is -1.03. The molecule has 0 aliphatic carbocycles. The number of aliphatic carboxylic acids is 1. The van der Waals surface area contributed by atoms with Crippen molar-refractivity contribution in [1.29, 1.82) is 0 Å². The zero-order chi connectivity index (χ0) is 15.8. The molecular weight excluding hydrogens is 280 g/mol. The number of hydrogen-bond donors (Lipinski definition) is 3. The van der Waals surface area contributed by atoms with E-state index in [-0.39, 0.29) is 19.6 Å². The first kappa shape index (κ1) is 17.2. The lowest BCUT2D eigenvalue weighted by atomic mass is 10.0. The minimum absolute atomic E-state index is 0.0261. The largest absolute Gasteiger partial charge is 0.479 e. The van der Waals surface area contributed by atoms with Gasteiger partial charge in [-0.05, 0) is 26.2 Å². The highest BCUT2D eigenvalue weighted by atomic mass is 16.5. The summed E-state index contributed by atoms with van der Waals surface area (Å²) in [6.07, 6.45) is 0.627. The summed E-state index contributed by atoms with van der Waals surface area (Å²) in [6.45, 7) is 2.45. The van der Waals surface area contributed by atoms with E-state index in [0.29, 0.717) is 13.0 Å². The fourth-order valence-corrected chi connectivity index (χ4v) is 2.20. The van der Waals surface area contributed by atoms with Gasteiger partial charge in [0, 0.05) is 19.5 Å². The first-order valence-electron chi connectivity index (χ1n) is 7.09. The maximum Gasteiger partial charge on any atom is 0.332 e. The average molecular weight is 302 g/mol. The molecule has 2 amide bonds. The molecule has 2 atom stereocenters. The molecule has 0 bridgehead atoms. The van der Waals surface area contributed by atoms with Crippen LogP contribution in [0.15, 0.2) is 0 Å². The number of rotatable bonds is 6. The Kier molecular flexibility index (Phi) is 6.93. The van der Waals surface area contributed by atoms with E-state index in [1.54, 1.807) is 6.92 Å². The Hall–Kier alpha value is -1.83. The Balaban J connectivity index is 2.49. The van der Waals surface area contributed by atoms with Gasteiger partial charge < -0.3 is 25.2 Å². The number of likely N-dealkylation sites (tertiary alicyclic amines) is 1. The molecule has 120 valence electrons. The number of ether oxygens (including phenoxy) is 1. The summed E-state index contributed by atoms with van der Waals surface area (Å²) < 4.78 is 4.96. The van der Waals surface area contributed by atoms with Gasteiger partial charge in [0.2, 0.25) is 0 Å². The van der Waals surface area contributed by atoms with Crippen LogP contribution in [0.5, 0.6) is 0 Å². The van der Waals surface area contributed by atoms with Gasteiger partial charge in [0.05, 0.1) is 6.61 Å². The van der Waals surface area contributed by atoms with Crippen LogP contribution in [0.3, 0.4) is 0 Å². The van der Waals surface area contributed by atoms with Gasteiger partial charge in [0.25, 0.3) is 0 Å². The number of esters is 1. The highest BCUT2D eigenvalue weighted by Crippen LogP contribution is 2.18. The highest BCUT2D eigenvalue weighted by Gasteiger charge is 2.33. The van der Waals surface area contributed by atoms with Crippen LogP contribution in [0.1, 0.15) is 32.6 Å². The zero-order valence-electron chi connectivity index (χ0n) is 12.1. The van der Waals surface area contributed by atoms with Gasteiger partial charge in [0.15, 0.2) is 6.10 Å². The number of carbonyl (C=O) groups is 3. The van der Waals surface area contributed by atoms with Crippen LogP contribution >= 0.6 is 0 Å². The summed E-state index contributed by atoms with van der Waals surface area (Å²) in [4.78, 5) is 35.7. The SMILES string of the molecule is CCOC(=O)C1CCCCN1C(=O)NCC[C@H](O)C(=O)O. The summed E-state index contributed by atoms with van der Waals surface area (Å²) in [7, 11) is 0. The van der Waals surface area contributed by atoms with E-state index in [0.717, 1.165) is 12.8 Å². The number of piperidine rings is 1. The van der Waals surface area contributed by atoms with Gasteiger partial charge in [-0.15, -0.1) is 0 Å². The third kappa shape index (κ3) is 5.22. The fraction of sp³-hybridized carbons (Fsp3) is 0.769. The number of carbonyl (C=O) groups excluding carboxylic acids is 2. The molecule has 1 fully saturated rings. The molecule has 1 aliphatic heterocycles. The van der Waals surface area contributed by atoms with Gasteiger partial charge in [0.1, 0.15) is 6.04 Å². The minimum Gasteiger partial charge on any atom is -0.479 e. The molecule has 1 rings (SSSR count). The fourth-order valence-electron chi connectivity index (χ4n) is 2.20. The van der Waals surface area contributed by atoms with Crippen molar-refractivity contribution < 1.29 is 29.3 Å². The quantitative estimate of drug-likeness (QED) is 0.592. The Morgan fingerprint density at radius 2 is 2.10 bits per heavy atom. The molecule has 3 N–H and O–H groups in total. The van der Waals surface area contributed by atoms with Crippen LogP contribution in [0.25, 0.3) is 0 Å². The van der Waals surface area contributed by atoms with E-state index in [1.807, 2.05) is 0 Å². The monoisotopic (exact) mass is 302 g/mol. The van der Waals surface area contributed by atoms with Gasteiger partial charge in [-0.1, -0.05) is 0 Å². The van der Waals surface area contributed by atoms with E-state index in [1.165, 1.54) is 4.90 Å². The van der Waals surface area contributed by atoms with Crippen molar-refractivity contribution in [2.45, 2.75) is 44.8 Å². The maximum atomic E-state index is 12.0. The van der Waals surface area contributed by atoms with Crippen molar-refractivity contribution in [2.75, 3.05) is 19.7 Å². The second-order valence-corrected chi connectivity index (χ2v) is 4.83. The Morgan fingerprint density at radius 1 is 1.38 bits per heavy atom. The second kappa shape index (κ2) is 8.46. The van der Waals surface area contributed by atoms with Crippen LogP contribution in [0, 0.1) is 0 Å². The number of hydrogen-bond acceptors (Lipinski definition) is 5. The molecule has 8 nitrogen and oxygen atoms in total. The molecular formula is C13H22N2O6. The molecule has 1 heterocycles. The number of carboxylic acids is 1. The third-order valence-corrected chi connectivity index (χ3v) is 3.30. The second-order valence-electron chi connectivity index (χ2n) is 4.83. The van der Waals surface area contributed by atoms with Crippen LogP contribution in [-0.2, 0) is 14.3 Å². The molecule has 0 radical (unpaired) electrons. The summed E-state index contributed by atoms with van der Waals surface area (Å²) in [5.41, 5.74) is 0. The van der Waals surface area contributed by atoms with E-state index in [2.05, 4.69) is 5.32 Å². The molecule has 1 unspecified atom stereocenters. The van der Waals surface area contributed by atoms with Gasteiger partial charge in [-0.3, -0.25) is 0 Å². The number of urea groups is 1. The highest BCUT2D eigenvalue weighted by molar-refractivity contribution is 5.84. The number of amides is 2. The van der Waals surface area contributed by atoms with Crippen molar-refractivity contribution in [2.24, 2.45) is 0 Å². The Morgan fingerprint density at radius 3 is 2.71 bits per heavy atom. The van der Waals surface area contributed by atoms with E-state index >= 15 is 0 Å². The Bertz CT molecular complexity index is 387. The predicted octanol–water partition coefficient (Wildman–Crippen LogP) is -0.0508. The lowest BCUT2D eigenvalue weighted by molar-refractivity contribution is -0.149. The Labute approximate surface area is 123 Å². The number of aliphatic hydroxyl groups excluding tert-OH is 1. The van der Waals surface area contributed by atoms with Crippen LogP contribution in [0.2, 0.25) is 0 Å². The lowest BCUT2D eigenvalue weighted by Crippen LogP contribution is -2.52. The first-order valence-corrected chi connectivity index (χ1v) is 7.09. The minimum atomic E-state index is -1.51. The molecule has 0 spiro atoms. The van der Waals surface area contributed by atoms with Crippen molar-refractivity contribution in [3.8, 4) is 0 Å². The standard InChI is InChI=1S/C13H22N2O6/c1-2-21-12(19)9-5-3-4-8-15(9)13(20)14-7-6-10(16)11(17)18/h9-10,16H,2-8H2,1H3,(H,14,20)(H,17,18)/t9?,10-/m0/s1. The number of nitrogens with one attached hydrogen (secondary N) is 1. The van der Waals surface area contributed by atoms with Crippen molar-refractivity contribution in [3.63, 3.8) is 0 Å². The number of nitrogens with zero attached hydrogens (tertiary/aromatic N) is 1. The number of aliphatic hydroxyl groups is 1. The normalized spacial score (nSPS) is 19.7. The molecule has 1 aliphatic rings. The van der Waals surface area contributed by atoms with Crippen molar-refractivity contribution in [3.05, 3.63) is 0 Å². The van der Waals surface area contributed by atoms with E-state index in [4.69, 9.17) is 14.9 Å². The molecule has 0 saturated carbocycles. The van der Waals surface area contributed by atoms with Crippen LogP contribution in [-0.4, -0.2) is 64.9 Å². The topological polar surface area (TPSA) is 116 Å². The van der Waals surface area contributed by atoms with E-state index in [9.17, 15) is 14.4 Å². The lowest BCUT2D eigenvalue weighted by Gasteiger charge is -2.34. The van der Waals surface area contributed by atoms with Crippen molar-refractivity contribution >= 4 is 18.0 Å². The molecule has 0 aromatic heterocycles. The molecule has 1 saturated heterocycles. The van der Waals surface area contributed by atoms with Gasteiger partial charge >= 0.3 is 18.0 Å². The molecule has 0 aromatic rings. The van der Waals surface area contributed by atoms with Gasteiger partial charge in [-0.25, -0.2) is 14.4 Å². The molecule has 8 heteroatoms. The summed E-state index contributed by atoms with van der Waals surface area (Å²) in [5.74, 6) is -1.75. The van der Waals surface area contributed by atoms with Crippen LogP contribution in [0.4, 0.5) is 4.79 Å². The maximum absolute atomic E-state index is 12.0. The third-order valence-electron chi connectivity index (χ3n) is 3.30. The average Bonchev–Trinajstić information content (AvgIpc) is 2.47. The van der Waals surface area contributed by atoms with Crippen molar-refractivity contribution in [1.82, 2.24) is 10.2 Å². The molecule has 21 heavy (non-hydrogen) atoms. The summed E-state index contributed by atoms with van der Waals surface area (Å²) in [5, 5.41) is 20.2. The van der Waals surface area contributed by atoms with E-state index < -0.39 is 30.1 Å². The predicted molar refractivity (Wildman–Crippen MR) is 72.6 cm³/mol. The molecule has 0 aromatic carbocycles.